The molecule has 0 bridgehead atoms. The molecule has 264 valence electrons. The van der Waals surface area contributed by atoms with Crippen LogP contribution < -0.4 is 20.5 Å². The van der Waals surface area contributed by atoms with Gasteiger partial charge in [-0.25, -0.2) is 0 Å². The van der Waals surface area contributed by atoms with Gasteiger partial charge in [-0.2, -0.15) is 0 Å². The molecule has 5 heterocycles. The molecule has 3 amide bonds. The number of piperidine rings is 1. The summed E-state index contributed by atoms with van der Waals surface area (Å²) in [4.78, 5) is 50.9. The summed E-state index contributed by atoms with van der Waals surface area (Å²) in [6, 6.07) is 27.8. The number of nitrogens with zero attached hydrogens (tertiary/aromatic N) is 3. The molecule has 4 N–H and O–H groups in total. The number of piperazine rings is 1. The molecule has 11 heteroatoms. The lowest BCUT2D eigenvalue weighted by atomic mass is 9.85. The van der Waals surface area contributed by atoms with E-state index < -0.39 is 12.1 Å². The van der Waals surface area contributed by atoms with E-state index in [1.54, 1.807) is 12.1 Å². The van der Waals surface area contributed by atoms with Gasteiger partial charge < -0.3 is 35.3 Å². The molecule has 4 aromatic carbocycles. The van der Waals surface area contributed by atoms with Crippen molar-refractivity contribution in [3.8, 4) is 11.5 Å². The first-order valence-corrected chi connectivity index (χ1v) is 18.0. The standard InChI is InChI=1S/C41H40N6O5/c42-31-6-2-4-8-33(31)44-40(49)27-11-9-25(10-12-27)21-45-17-15-26(16-18-45)22-46-23-37(48)47-34(41(46)50)20-30-29-5-1-3-7-32(29)43-38(30)39(47)28-13-14-35-36(19-28)52-24-51-35/h1-14,19,26,34,39,43H,15-18,20-24,42H2,(H,44,49)/t34-,39-/m1/s1. The second-order valence-corrected chi connectivity index (χ2v) is 14.3. The Labute approximate surface area is 301 Å². The Kier molecular flexibility index (Phi) is 8.07. The topological polar surface area (TPSA) is 133 Å². The number of carbonyl (C=O) groups is 3. The molecule has 0 saturated carbocycles. The Morgan fingerprint density at radius 2 is 1.67 bits per heavy atom. The minimum Gasteiger partial charge on any atom is -0.454 e. The van der Waals surface area contributed by atoms with Gasteiger partial charge in [-0.05, 0) is 91.0 Å². The lowest BCUT2D eigenvalue weighted by molar-refractivity contribution is -0.159. The first-order valence-electron chi connectivity index (χ1n) is 18.0. The van der Waals surface area contributed by atoms with Gasteiger partial charge in [-0.1, -0.05) is 48.5 Å². The molecule has 11 nitrogen and oxygen atoms in total. The number of amides is 3. The van der Waals surface area contributed by atoms with Crippen LogP contribution in [0.2, 0.25) is 0 Å². The summed E-state index contributed by atoms with van der Waals surface area (Å²) in [5, 5.41) is 3.96. The van der Waals surface area contributed by atoms with E-state index in [0.29, 0.717) is 47.3 Å². The van der Waals surface area contributed by atoms with Gasteiger partial charge in [-0.3, -0.25) is 19.3 Å². The van der Waals surface area contributed by atoms with Crippen molar-refractivity contribution in [3.05, 3.63) is 119 Å². The third kappa shape index (κ3) is 5.80. The van der Waals surface area contributed by atoms with Crippen LogP contribution in [-0.4, -0.2) is 76.4 Å². The SMILES string of the molecule is Nc1ccccc1NC(=O)c1ccc(CN2CCC(CN3CC(=O)N4[C@H](c5ccc6c(c5)OCO6)c5[nH]c6ccccc6c5C[C@@H]4C3=O)CC2)cc1. The third-order valence-corrected chi connectivity index (χ3v) is 11.1. The van der Waals surface area contributed by atoms with Gasteiger partial charge in [0.1, 0.15) is 6.04 Å². The van der Waals surface area contributed by atoms with Crippen molar-refractivity contribution in [2.75, 3.05) is 44.0 Å². The van der Waals surface area contributed by atoms with Crippen molar-refractivity contribution in [2.24, 2.45) is 5.92 Å². The molecule has 4 aliphatic rings. The number of nitrogen functional groups attached to an aromatic ring is 1. The monoisotopic (exact) mass is 696 g/mol. The number of nitrogens with two attached hydrogens (primary N) is 1. The average molecular weight is 697 g/mol. The molecule has 0 unspecified atom stereocenters. The summed E-state index contributed by atoms with van der Waals surface area (Å²) >= 11 is 0. The molecule has 0 radical (unpaired) electrons. The fourth-order valence-corrected chi connectivity index (χ4v) is 8.37. The second kappa shape index (κ2) is 13.1. The van der Waals surface area contributed by atoms with Crippen molar-refractivity contribution < 1.29 is 23.9 Å². The number of para-hydroxylation sites is 3. The lowest BCUT2D eigenvalue weighted by Gasteiger charge is -2.48. The van der Waals surface area contributed by atoms with E-state index in [9.17, 15) is 14.4 Å². The van der Waals surface area contributed by atoms with E-state index in [1.807, 2.05) is 82.6 Å². The molecule has 4 aliphatic heterocycles. The fraction of sp³-hybridized carbons (Fsp3) is 0.293. The molecule has 2 atom stereocenters. The quantitative estimate of drug-likeness (QED) is 0.196. The van der Waals surface area contributed by atoms with Crippen molar-refractivity contribution >= 4 is 40.0 Å². The summed E-state index contributed by atoms with van der Waals surface area (Å²) in [5.74, 6) is 1.42. The van der Waals surface area contributed by atoms with Gasteiger partial charge in [-0.15, -0.1) is 0 Å². The number of H-pyrrole nitrogens is 1. The predicted molar refractivity (Wildman–Crippen MR) is 197 cm³/mol. The minimum atomic E-state index is -0.585. The number of hydrogen-bond donors (Lipinski definition) is 3. The van der Waals surface area contributed by atoms with Crippen LogP contribution >= 0.6 is 0 Å². The number of fused-ring (bicyclic) bond motifs is 5. The van der Waals surface area contributed by atoms with Crippen LogP contribution in [0, 0.1) is 5.92 Å². The van der Waals surface area contributed by atoms with Crippen LogP contribution in [0.5, 0.6) is 11.5 Å². The molecule has 0 spiro atoms. The van der Waals surface area contributed by atoms with Gasteiger partial charge in [0, 0.05) is 41.7 Å². The van der Waals surface area contributed by atoms with Crippen LogP contribution in [0.3, 0.4) is 0 Å². The summed E-state index contributed by atoms with van der Waals surface area (Å²) in [6.45, 7) is 3.40. The number of hydrogen-bond acceptors (Lipinski definition) is 7. The van der Waals surface area contributed by atoms with E-state index in [-0.39, 0.29) is 31.1 Å². The zero-order valence-electron chi connectivity index (χ0n) is 28.7. The first kappa shape index (κ1) is 32.1. The molecule has 52 heavy (non-hydrogen) atoms. The maximum atomic E-state index is 14.3. The van der Waals surface area contributed by atoms with Gasteiger partial charge >= 0.3 is 0 Å². The minimum absolute atomic E-state index is 0.0165. The first-order chi connectivity index (χ1) is 25.4. The molecular weight excluding hydrogens is 656 g/mol. The van der Waals surface area contributed by atoms with Gasteiger partial charge in [0.25, 0.3) is 5.91 Å². The second-order valence-electron chi connectivity index (χ2n) is 14.3. The maximum absolute atomic E-state index is 14.3. The zero-order chi connectivity index (χ0) is 35.3. The van der Waals surface area contributed by atoms with E-state index in [4.69, 9.17) is 15.2 Å². The number of nitrogens with one attached hydrogen (secondary N) is 2. The molecular formula is C41H40N6O5. The fourth-order valence-electron chi connectivity index (χ4n) is 8.37. The number of carbonyl (C=O) groups excluding carboxylic acids is 3. The van der Waals surface area contributed by atoms with Crippen molar-refractivity contribution in [3.63, 3.8) is 0 Å². The normalized spacial score (nSPS) is 20.2. The van der Waals surface area contributed by atoms with Crippen LogP contribution in [0.15, 0.2) is 91.0 Å². The zero-order valence-corrected chi connectivity index (χ0v) is 28.7. The number of aromatic nitrogens is 1. The van der Waals surface area contributed by atoms with Gasteiger partial charge in [0.2, 0.25) is 18.6 Å². The number of benzene rings is 4. The summed E-state index contributed by atoms with van der Waals surface area (Å²) < 4.78 is 11.3. The highest BCUT2D eigenvalue weighted by Gasteiger charge is 2.48. The molecule has 2 fully saturated rings. The van der Waals surface area contributed by atoms with E-state index in [0.717, 1.165) is 65.8 Å². The molecule has 5 aromatic rings. The largest absolute Gasteiger partial charge is 0.454 e. The molecule has 0 aliphatic carbocycles. The Morgan fingerprint density at radius 1 is 0.904 bits per heavy atom. The van der Waals surface area contributed by atoms with Gasteiger partial charge in [0.15, 0.2) is 11.5 Å². The predicted octanol–water partition coefficient (Wildman–Crippen LogP) is 5.33. The van der Waals surface area contributed by atoms with E-state index in [2.05, 4.69) is 21.3 Å². The molecule has 1 aromatic heterocycles. The number of ether oxygens (including phenoxy) is 2. The Bertz CT molecular complexity index is 2190. The summed E-state index contributed by atoms with van der Waals surface area (Å²) in [6.07, 6.45) is 2.36. The summed E-state index contributed by atoms with van der Waals surface area (Å²) in [5.41, 5.74) is 12.7. The highest BCUT2D eigenvalue weighted by Crippen LogP contribution is 2.45. The van der Waals surface area contributed by atoms with Crippen molar-refractivity contribution in [2.45, 2.75) is 37.9 Å². The van der Waals surface area contributed by atoms with E-state index in [1.165, 1.54) is 0 Å². The Morgan fingerprint density at radius 3 is 2.50 bits per heavy atom. The van der Waals surface area contributed by atoms with Crippen molar-refractivity contribution in [1.29, 1.82) is 0 Å². The lowest BCUT2D eigenvalue weighted by Crippen LogP contribution is -2.63. The highest BCUT2D eigenvalue weighted by atomic mass is 16.7. The Hall–Kier alpha value is -5.81. The molecule has 2 saturated heterocycles. The number of aromatic amines is 1. The smallest absolute Gasteiger partial charge is 0.255 e. The van der Waals surface area contributed by atoms with Crippen LogP contribution in [0.4, 0.5) is 11.4 Å². The van der Waals surface area contributed by atoms with Crippen LogP contribution in [0.25, 0.3) is 10.9 Å². The van der Waals surface area contributed by atoms with Crippen molar-refractivity contribution in [1.82, 2.24) is 19.7 Å². The highest BCUT2D eigenvalue weighted by molar-refractivity contribution is 6.05. The number of likely N-dealkylation sites (tertiary alicyclic amines) is 1. The van der Waals surface area contributed by atoms with Crippen LogP contribution in [0.1, 0.15) is 51.6 Å². The average Bonchev–Trinajstić information content (AvgIpc) is 3.79. The third-order valence-electron chi connectivity index (χ3n) is 11.1. The summed E-state index contributed by atoms with van der Waals surface area (Å²) in [7, 11) is 0. The number of rotatable bonds is 7. The van der Waals surface area contributed by atoms with E-state index >= 15 is 0 Å². The maximum Gasteiger partial charge on any atom is 0.255 e. The van der Waals surface area contributed by atoms with Gasteiger partial charge in [0.05, 0.1) is 24.0 Å². The number of anilines is 2. The molecule has 9 rings (SSSR count). The Balaban J connectivity index is 0.860. The van der Waals surface area contributed by atoms with Crippen LogP contribution in [-0.2, 0) is 22.6 Å².